The van der Waals surface area contributed by atoms with Crippen molar-refractivity contribution in [3.05, 3.63) is 0 Å². The van der Waals surface area contributed by atoms with Crippen molar-refractivity contribution in [3.8, 4) is 0 Å². The summed E-state index contributed by atoms with van der Waals surface area (Å²) in [6.07, 6.45) is 8.90. The molecule has 1 amide bonds. The highest BCUT2D eigenvalue weighted by molar-refractivity contribution is 5.78. The van der Waals surface area contributed by atoms with E-state index in [9.17, 15) is 4.79 Å². The summed E-state index contributed by atoms with van der Waals surface area (Å²) in [5, 5.41) is 3.05. The maximum Gasteiger partial charge on any atom is 0.223 e. The van der Waals surface area contributed by atoms with Crippen LogP contribution in [0.1, 0.15) is 51.4 Å². The maximum atomic E-state index is 12.0. The molecule has 1 heterocycles. The van der Waals surface area contributed by atoms with Gasteiger partial charge in [0.25, 0.3) is 0 Å². The first-order chi connectivity index (χ1) is 8.75. The number of amides is 1. The number of nitrogens with two attached hydrogens (primary N) is 1. The standard InChI is InChI=1S/C14H26N2O2/c15-12-5-3-4-11(10-12)14(17)16-8-7-13-6-1-2-9-18-13/h11-13H,1-10,15H2,(H,16,17). The van der Waals surface area contributed by atoms with Crippen LogP contribution in [0.2, 0.25) is 0 Å². The average Bonchev–Trinajstić information content (AvgIpc) is 2.40. The van der Waals surface area contributed by atoms with Crippen LogP contribution in [0.3, 0.4) is 0 Å². The van der Waals surface area contributed by atoms with Crippen molar-refractivity contribution in [2.45, 2.75) is 63.5 Å². The van der Waals surface area contributed by atoms with Crippen LogP contribution in [0.25, 0.3) is 0 Å². The summed E-state index contributed by atoms with van der Waals surface area (Å²) in [5.74, 6) is 0.335. The number of hydrogen-bond donors (Lipinski definition) is 2. The smallest absolute Gasteiger partial charge is 0.223 e. The van der Waals surface area contributed by atoms with E-state index in [4.69, 9.17) is 10.5 Å². The summed E-state index contributed by atoms with van der Waals surface area (Å²) in [7, 11) is 0. The number of nitrogens with one attached hydrogen (secondary N) is 1. The summed E-state index contributed by atoms with van der Waals surface area (Å²) in [6, 6.07) is 0.219. The zero-order valence-corrected chi connectivity index (χ0v) is 11.2. The molecule has 2 aliphatic rings. The van der Waals surface area contributed by atoms with E-state index in [1.807, 2.05) is 0 Å². The van der Waals surface area contributed by atoms with Crippen LogP contribution in [0.5, 0.6) is 0 Å². The van der Waals surface area contributed by atoms with Crippen molar-refractivity contribution < 1.29 is 9.53 Å². The van der Waals surface area contributed by atoms with E-state index in [0.717, 1.165) is 51.7 Å². The number of carbonyl (C=O) groups is 1. The van der Waals surface area contributed by atoms with Crippen LogP contribution >= 0.6 is 0 Å². The van der Waals surface area contributed by atoms with Crippen LogP contribution in [0, 0.1) is 5.92 Å². The van der Waals surface area contributed by atoms with Gasteiger partial charge in [-0.1, -0.05) is 6.42 Å². The molecule has 3 atom stereocenters. The van der Waals surface area contributed by atoms with Crippen molar-refractivity contribution in [1.82, 2.24) is 5.32 Å². The number of carbonyl (C=O) groups excluding carboxylic acids is 1. The maximum absolute atomic E-state index is 12.0. The fraction of sp³-hybridized carbons (Fsp3) is 0.929. The molecule has 1 aliphatic heterocycles. The van der Waals surface area contributed by atoms with Crippen LogP contribution in [-0.2, 0) is 9.53 Å². The van der Waals surface area contributed by atoms with Crippen molar-refractivity contribution >= 4 is 5.91 Å². The lowest BCUT2D eigenvalue weighted by atomic mass is 9.85. The first kappa shape index (κ1) is 13.8. The molecule has 2 fully saturated rings. The van der Waals surface area contributed by atoms with Gasteiger partial charge in [-0.2, -0.15) is 0 Å². The Labute approximate surface area is 110 Å². The third-order valence-electron chi connectivity index (χ3n) is 4.13. The number of ether oxygens (including phenoxy) is 1. The van der Waals surface area contributed by atoms with Crippen LogP contribution in [0.4, 0.5) is 0 Å². The summed E-state index contributed by atoms with van der Waals surface area (Å²) >= 11 is 0. The molecule has 1 saturated carbocycles. The monoisotopic (exact) mass is 254 g/mol. The van der Waals surface area contributed by atoms with Gasteiger partial charge in [-0.25, -0.2) is 0 Å². The lowest BCUT2D eigenvalue weighted by Gasteiger charge is -2.26. The molecule has 104 valence electrons. The van der Waals surface area contributed by atoms with E-state index in [-0.39, 0.29) is 17.9 Å². The third-order valence-corrected chi connectivity index (χ3v) is 4.13. The number of hydrogen-bond acceptors (Lipinski definition) is 3. The van der Waals surface area contributed by atoms with Crippen LogP contribution in [-0.4, -0.2) is 31.2 Å². The van der Waals surface area contributed by atoms with Gasteiger partial charge in [-0.05, 0) is 44.9 Å². The summed E-state index contributed by atoms with van der Waals surface area (Å²) in [4.78, 5) is 12.0. The molecule has 3 unspecified atom stereocenters. The van der Waals surface area contributed by atoms with Crippen LogP contribution < -0.4 is 11.1 Å². The predicted octanol–water partition coefficient (Wildman–Crippen LogP) is 1.58. The van der Waals surface area contributed by atoms with E-state index in [2.05, 4.69) is 5.32 Å². The SMILES string of the molecule is NC1CCCC(C(=O)NCCC2CCCCO2)C1. The second-order valence-electron chi connectivity index (χ2n) is 5.69. The zero-order chi connectivity index (χ0) is 12.8. The van der Waals surface area contributed by atoms with Crippen molar-refractivity contribution in [3.63, 3.8) is 0 Å². The average molecular weight is 254 g/mol. The molecule has 1 aliphatic carbocycles. The second-order valence-corrected chi connectivity index (χ2v) is 5.69. The Morgan fingerprint density at radius 2 is 2.11 bits per heavy atom. The first-order valence-corrected chi connectivity index (χ1v) is 7.40. The quantitative estimate of drug-likeness (QED) is 0.800. The Bertz CT molecular complexity index is 265. The molecular weight excluding hydrogens is 228 g/mol. The summed E-state index contributed by atoms with van der Waals surface area (Å²) in [5.41, 5.74) is 5.91. The molecule has 18 heavy (non-hydrogen) atoms. The van der Waals surface area contributed by atoms with Gasteiger partial charge in [0.2, 0.25) is 5.91 Å². The van der Waals surface area contributed by atoms with Crippen LogP contribution in [0.15, 0.2) is 0 Å². The van der Waals surface area contributed by atoms with Gasteiger partial charge in [0.05, 0.1) is 6.10 Å². The van der Waals surface area contributed by atoms with Gasteiger partial charge in [0, 0.05) is 25.1 Å². The van der Waals surface area contributed by atoms with Gasteiger partial charge in [0.1, 0.15) is 0 Å². The van der Waals surface area contributed by atoms with E-state index in [0.29, 0.717) is 6.10 Å². The van der Waals surface area contributed by atoms with Gasteiger partial charge in [-0.3, -0.25) is 4.79 Å². The highest BCUT2D eigenvalue weighted by Gasteiger charge is 2.25. The molecule has 4 heteroatoms. The molecular formula is C14H26N2O2. The molecule has 0 spiro atoms. The first-order valence-electron chi connectivity index (χ1n) is 7.40. The molecule has 4 nitrogen and oxygen atoms in total. The van der Waals surface area contributed by atoms with E-state index in [1.165, 1.54) is 12.8 Å². The van der Waals surface area contributed by atoms with Gasteiger partial charge in [0.15, 0.2) is 0 Å². The van der Waals surface area contributed by atoms with Crippen molar-refractivity contribution in [1.29, 1.82) is 0 Å². The van der Waals surface area contributed by atoms with E-state index < -0.39 is 0 Å². The largest absolute Gasteiger partial charge is 0.378 e. The Morgan fingerprint density at radius 1 is 1.22 bits per heavy atom. The minimum absolute atomic E-state index is 0.140. The minimum atomic E-state index is 0.140. The fourth-order valence-corrected chi connectivity index (χ4v) is 3.00. The zero-order valence-electron chi connectivity index (χ0n) is 11.2. The van der Waals surface area contributed by atoms with Crippen molar-refractivity contribution in [2.75, 3.05) is 13.2 Å². The Morgan fingerprint density at radius 3 is 2.83 bits per heavy atom. The molecule has 0 bridgehead atoms. The Kier molecular flexibility index (Phi) is 5.45. The molecule has 3 N–H and O–H groups in total. The van der Waals surface area contributed by atoms with Gasteiger partial charge < -0.3 is 15.8 Å². The molecule has 2 rings (SSSR count). The Balaban J connectivity index is 1.61. The van der Waals surface area contributed by atoms with Crippen molar-refractivity contribution in [2.24, 2.45) is 11.7 Å². The minimum Gasteiger partial charge on any atom is -0.378 e. The summed E-state index contributed by atoms with van der Waals surface area (Å²) < 4.78 is 5.65. The highest BCUT2D eigenvalue weighted by atomic mass is 16.5. The normalized spacial score (nSPS) is 33.1. The predicted molar refractivity (Wildman–Crippen MR) is 71.2 cm³/mol. The lowest BCUT2D eigenvalue weighted by molar-refractivity contribution is -0.126. The lowest BCUT2D eigenvalue weighted by Crippen LogP contribution is -2.39. The number of rotatable bonds is 4. The fourth-order valence-electron chi connectivity index (χ4n) is 3.00. The second kappa shape index (κ2) is 7.10. The molecule has 0 aromatic carbocycles. The van der Waals surface area contributed by atoms with E-state index in [1.54, 1.807) is 0 Å². The molecule has 1 saturated heterocycles. The Hall–Kier alpha value is -0.610. The molecule has 0 aromatic rings. The molecule has 0 radical (unpaired) electrons. The van der Waals surface area contributed by atoms with Gasteiger partial charge in [-0.15, -0.1) is 0 Å². The van der Waals surface area contributed by atoms with Gasteiger partial charge >= 0.3 is 0 Å². The summed E-state index contributed by atoms with van der Waals surface area (Å²) in [6.45, 7) is 1.63. The topological polar surface area (TPSA) is 64.4 Å². The molecule has 0 aromatic heterocycles. The van der Waals surface area contributed by atoms with E-state index >= 15 is 0 Å². The highest BCUT2D eigenvalue weighted by Crippen LogP contribution is 2.23. The third kappa shape index (κ3) is 4.25.